The molecule has 2 rings (SSSR count). The van der Waals surface area contributed by atoms with Crippen molar-refractivity contribution in [3.63, 3.8) is 0 Å². The lowest BCUT2D eigenvalue weighted by Crippen LogP contribution is -2.44. The quantitative estimate of drug-likeness (QED) is 0.895. The molecule has 0 aliphatic carbocycles. The number of nitrogens with two attached hydrogens (primary N) is 1. The van der Waals surface area contributed by atoms with Gasteiger partial charge in [-0.25, -0.2) is 0 Å². The molecule has 0 bridgehead atoms. The lowest BCUT2D eigenvalue weighted by atomic mass is 9.98. The highest BCUT2D eigenvalue weighted by molar-refractivity contribution is 5.35. The minimum Gasteiger partial charge on any atom is -0.493 e. The predicted molar refractivity (Wildman–Crippen MR) is 70.6 cm³/mol. The fraction of sp³-hybridized carbons (Fsp3) is 0.571. The number of halogens is 3. The molecule has 1 saturated heterocycles. The molecule has 1 heterocycles. The van der Waals surface area contributed by atoms with E-state index in [0.29, 0.717) is 6.42 Å². The first kappa shape index (κ1) is 15.1. The first-order valence-electron chi connectivity index (χ1n) is 6.75. The number of benzene rings is 1. The largest absolute Gasteiger partial charge is 0.493 e. The van der Waals surface area contributed by atoms with Crippen LogP contribution in [0.15, 0.2) is 24.3 Å². The Morgan fingerprint density at radius 1 is 1.30 bits per heavy atom. The number of para-hydroxylation sites is 1. The van der Waals surface area contributed by atoms with E-state index in [4.69, 9.17) is 10.5 Å². The molecule has 0 aromatic heterocycles. The van der Waals surface area contributed by atoms with Gasteiger partial charge in [-0.05, 0) is 37.9 Å². The van der Waals surface area contributed by atoms with Gasteiger partial charge in [-0.1, -0.05) is 12.1 Å². The maximum Gasteiger partial charge on any atom is 0.419 e. The molecule has 1 aliphatic rings. The van der Waals surface area contributed by atoms with E-state index >= 15 is 0 Å². The van der Waals surface area contributed by atoms with E-state index in [1.165, 1.54) is 12.1 Å². The summed E-state index contributed by atoms with van der Waals surface area (Å²) in [5.41, 5.74) is 5.13. The van der Waals surface area contributed by atoms with Crippen LogP contribution in [0.5, 0.6) is 5.75 Å². The second-order valence-corrected chi connectivity index (χ2v) is 5.07. The Morgan fingerprint density at radius 2 is 2.05 bits per heavy atom. The van der Waals surface area contributed by atoms with Gasteiger partial charge < -0.3 is 15.8 Å². The van der Waals surface area contributed by atoms with Crippen molar-refractivity contribution in [3.05, 3.63) is 29.8 Å². The fourth-order valence-corrected chi connectivity index (χ4v) is 2.40. The molecule has 1 aliphatic heterocycles. The van der Waals surface area contributed by atoms with Crippen molar-refractivity contribution in [1.82, 2.24) is 5.32 Å². The van der Waals surface area contributed by atoms with Crippen LogP contribution in [-0.2, 0) is 6.18 Å². The molecule has 1 aromatic rings. The maximum absolute atomic E-state index is 12.8. The molecule has 112 valence electrons. The van der Waals surface area contributed by atoms with Crippen LogP contribution >= 0.6 is 0 Å². The molecular formula is C14H19F3N2O. The highest BCUT2D eigenvalue weighted by Crippen LogP contribution is 2.35. The third-order valence-electron chi connectivity index (χ3n) is 3.45. The minimum absolute atomic E-state index is 0.111. The second-order valence-electron chi connectivity index (χ2n) is 5.07. The molecule has 20 heavy (non-hydrogen) atoms. The molecule has 0 radical (unpaired) electrons. The second kappa shape index (κ2) is 6.45. The number of hydrogen-bond acceptors (Lipinski definition) is 3. The Hall–Kier alpha value is -1.27. The standard InChI is InChI=1S/C14H19F3N2O/c15-14(16,17)12-3-1-2-4-13(12)20-8-6-11-9-10(18)5-7-19-11/h1-4,10-11,19H,5-9,18H2. The zero-order chi connectivity index (χ0) is 14.6. The van der Waals surface area contributed by atoms with Crippen LogP contribution in [0.2, 0.25) is 0 Å². The van der Waals surface area contributed by atoms with Crippen LogP contribution in [0.3, 0.4) is 0 Å². The van der Waals surface area contributed by atoms with Crippen molar-refractivity contribution in [1.29, 1.82) is 0 Å². The van der Waals surface area contributed by atoms with Gasteiger partial charge in [-0.15, -0.1) is 0 Å². The monoisotopic (exact) mass is 288 g/mol. The summed E-state index contributed by atoms with van der Waals surface area (Å²) in [6, 6.07) is 5.67. The van der Waals surface area contributed by atoms with Gasteiger partial charge in [0.1, 0.15) is 5.75 Å². The number of ether oxygens (including phenoxy) is 1. The van der Waals surface area contributed by atoms with E-state index in [0.717, 1.165) is 25.5 Å². The minimum atomic E-state index is -4.39. The summed E-state index contributed by atoms with van der Waals surface area (Å²) in [7, 11) is 0. The summed E-state index contributed by atoms with van der Waals surface area (Å²) in [4.78, 5) is 0. The summed E-state index contributed by atoms with van der Waals surface area (Å²) in [6.07, 6.45) is -1.96. The topological polar surface area (TPSA) is 47.3 Å². The SMILES string of the molecule is NC1CCNC(CCOc2ccccc2C(F)(F)F)C1. The van der Waals surface area contributed by atoms with E-state index in [1.54, 1.807) is 6.07 Å². The molecular weight excluding hydrogens is 269 g/mol. The van der Waals surface area contributed by atoms with E-state index in [-0.39, 0.29) is 24.4 Å². The molecule has 2 atom stereocenters. The van der Waals surface area contributed by atoms with Gasteiger partial charge in [0.15, 0.2) is 0 Å². The van der Waals surface area contributed by atoms with Gasteiger partial charge >= 0.3 is 6.18 Å². The van der Waals surface area contributed by atoms with E-state index in [9.17, 15) is 13.2 Å². The van der Waals surface area contributed by atoms with Crippen LogP contribution in [0, 0.1) is 0 Å². The molecule has 1 aromatic carbocycles. The third-order valence-corrected chi connectivity index (χ3v) is 3.45. The Balaban J connectivity index is 1.88. The zero-order valence-electron chi connectivity index (χ0n) is 11.1. The van der Waals surface area contributed by atoms with Gasteiger partial charge in [0.05, 0.1) is 12.2 Å². The summed E-state index contributed by atoms with van der Waals surface area (Å²) in [5.74, 6) is -0.111. The Bertz CT molecular complexity index is 437. The molecule has 1 fully saturated rings. The molecule has 0 saturated carbocycles. The van der Waals surface area contributed by atoms with Gasteiger partial charge in [0, 0.05) is 12.1 Å². The molecule has 6 heteroatoms. The molecule has 3 N–H and O–H groups in total. The summed E-state index contributed by atoms with van der Waals surface area (Å²) < 4.78 is 43.6. The Kier molecular flexibility index (Phi) is 4.88. The summed E-state index contributed by atoms with van der Waals surface area (Å²) in [6.45, 7) is 1.10. The maximum atomic E-state index is 12.8. The van der Waals surface area contributed by atoms with Crippen LogP contribution in [0.1, 0.15) is 24.8 Å². The highest BCUT2D eigenvalue weighted by atomic mass is 19.4. The molecule has 0 spiro atoms. The van der Waals surface area contributed by atoms with Crippen molar-refractivity contribution >= 4 is 0 Å². The van der Waals surface area contributed by atoms with Crippen molar-refractivity contribution < 1.29 is 17.9 Å². The summed E-state index contributed by atoms with van der Waals surface area (Å²) >= 11 is 0. The lowest BCUT2D eigenvalue weighted by Gasteiger charge is -2.28. The Morgan fingerprint density at radius 3 is 2.75 bits per heavy atom. The van der Waals surface area contributed by atoms with Gasteiger partial charge in [0.25, 0.3) is 0 Å². The first-order chi connectivity index (χ1) is 9.47. The first-order valence-corrected chi connectivity index (χ1v) is 6.75. The zero-order valence-corrected chi connectivity index (χ0v) is 11.1. The van der Waals surface area contributed by atoms with Crippen LogP contribution in [0.25, 0.3) is 0 Å². The average Bonchev–Trinajstić information content (AvgIpc) is 2.38. The van der Waals surface area contributed by atoms with Gasteiger partial charge in [-0.2, -0.15) is 13.2 Å². The lowest BCUT2D eigenvalue weighted by molar-refractivity contribution is -0.139. The number of alkyl halides is 3. The molecule has 2 unspecified atom stereocenters. The van der Waals surface area contributed by atoms with Crippen molar-refractivity contribution in [3.8, 4) is 5.75 Å². The fourth-order valence-electron chi connectivity index (χ4n) is 2.40. The smallest absolute Gasteiger partial charge is 0.419 e. The van der Waals surface area contributed by atoms with E-state index < -0.39 is 11.7 Å². The molecule has 3 nitrogen and oxygen atoms in total. The van der Waals surface area contributed by atoms with Crippen LogP contribution in [-0.4, -0.2) is 25.2 Å². The number of hydrogen-bond donors (Lipinski definition) is 2. The van der Waals surface area contributed by atoms with Crippen LogP contribution in [0.4, 0.5) is 13.2 Å². The van der Waals surface area contributed by atoms with Crippen molar-refractivity contribution in [2.24, 2.45) is 5.73 Å². The van der Waals surface area contributed by atoms with Crippen molar-refractivity contribution in [2.75, 3.05) is 13.2 Å². The highest BCUT2D eigenvalue weighted by Gasteiger charge is 2.34. The van der Waals surface area contributed by atoms with E-state index in [2.05, 4.69) is 5.32 Å². The number of piperidine rings is 1. The molecule has 0 amide bonds. The van der Waals surface area contributed by atoms with Crippen LogP contribution < -0.4 is 15.8 Å². The van der Waals surface area contributed by atoms with Gasteiger partial charge in [0.2, 0.25) is 0 Å². The normalized spacial score (nSPS) is 23.6. The third kappa shape index (κ3) is 4.11. The average molecular weight is 288 g/mol. The summed E-state index contributed by atoms with van der Waals surface area (Å²) in [5, 5.41) is 3.30. The van der Waals surface area contributed by atoms with E-state index in [1.807, 2.05) is 0 Å². The number of nitrogens with one attached hydrogen (secondary N) is 1. The van der Waals surface area contributed by atoms with Crippen molar-refractivity contribution in [2.45, 2.75) is 37.5 Å². The van der Waals surface area contributed by atoms with Gasteiger partial charge in [-0.3, -0.25) is 0 Å². The predicted octanol–water partition coefficient (Wildman–Crippen LogP) is 2.55. The number of rotatable bonds is 4. The Labute approximate surface area is 116 Å².